The fourth-order valence-electron chi connectivity index (χ4n) is 3.47. The second kappa shape index (κ2) is 11.7. The number of rotatable bonds is 9. The molecule has 3 aromatic rings. The van der Waals surface area contributed by atoms with E-state index in [1.54, 1.807) is 6.07 Å². The number of amides is 2. The molecule has 13 heteroatoms. The Balaban J connectivity index is 1.92. The molecule has 2 aromatic carbocycles. The summed E-state index contributed by atoms with van der Waals surface area (Å²) in [4.78, 5) is 27.9. The van der Waals surface area contributed by atoms with Crippen LogP contribution in [-0.4, -0.2) is 44.6 Å². The summed E-state index contributed by atoms with van der Waals surface area (Å²) < 4.78 is 54.6. The van der Waals surface area contributed by atoms with E-state index in [2.05, 4.69) is 20.7 Å². The molecule has 1 aromatic heterocycles. The minimum absolute atomic E-state index is 0.0588. The molecule has 1 N–H and O–H groups in total. The molecule has 0 radical (unpaired) electrons. The highest BCUT2D eigenvalue weighted by atomic mass is 35.5. The Bertz CT molecular complexity index is 1260. The smallest absolute Gasteiger partial charge is 0.354 e. The van der Waals surface area contributed by atoms with Gasteiger partial charge in [-0.15, -0.1) is 10.2 Å². The van der Waals surface area contributed by atoms with Gasteiger partial charge in [0.25, 0.3) is 5.91 Å². The molecule has 0 fully saturated rings. The standard InChI is InChI=1S/C24H25ClF4N6O2/c1-14(2)10-11-30-23(37)15(3)35(16-8-9-19(25)18(12-16)24(27,28)29)21(36)13-34-32-22(31-33-34)17-6-4-5-7-20(17)26/h4-9,12,14-15H,10-11,13H2,1-3H3,(H,30,37). The molecule has 0 aliphatic heterocycles. The lowest BCUT2D eigenvalue weighted by Gasteiger charge is -2.29. The maximum Gasteiger partial charge on any atom is 0.417 e. The second-order valence-electron chi connectivity index (χ2n) is 8.70. The monoisotopic (exact) mass is 540 g/mol. The van der Waals surface area contributed by atoms with Crippen LogP contribution in [0.4, 0.5) is 23.2 Å². The van der Waals surface area contributed by atoms with E-state index >= 15 is 0 Å². The molecule has 1 heterocycles. The Labute approximate surface area is 215 Å². The minimum Gasteiger partial charge on any atom is -0.354 e. The van der Waals surface area contributed by atoms with Crippen LogP contribution in [0.25, 0.3) is 11.4 Å². The van der Waals surface area contributed by atoms with Gasteiger partial charge in [-0.05, 0) is 54.8 Å². The van der Waals surface area contributed by atoms with Crippen LogP contribution in [0.2, 0.25) is 5.02 Å². The summed E-state index contributed by atoms with van der Waals surface area (Å²) in [5, 5.41) is 13.7. The minimum atomic E-state index is -4.79. The highest BCUT2D eigenvalue weighted by Gasteiger charge is 2.35. The summed E-state index contributed by atoms with van der Waals surface area (Å²) in [5.41, 5.74) is -1.29. The van der Waals surface area contributed by atoms with Crippen molar-refractivity contribution >= 4 is 29.1 Å². The van der Waals surface area contributed by atoms with Crippen molar-refractivity contribution < 1.29 is 27.2 Å². The number of carbonyl (C=O) groups excluding carboxylic acids is 2. The highest BCUT2D eigenvalue weighted by Crippen LogP contribution is 2.37. The van der Waals surface area contributed by atoms with Crippen molar-refractivity contribution in [2.45, 2.75) is 46.0 Å². The SMILES string of the molecule is CC(C)CCNC(=O)C(C)N(C(=O)Cn1nnc(-c2ccccc2F)n1)c1ccc(Cl)c(C(F)(F)F)c1. The van der Waals surface area contributed by atoms with Crippen molar-refractivity contribution in [3.8, 4) is 11.4 Å². The van der Waals surface area contributed by atoms with Gasteiger partial charge >= 0.3 is 6.18 Å². The van der Waals surface area contributed by atoms with E-state index in [1.165, 1.54) is 31.2 Å². The van der Waals surface area contributed by atoms with Crippen LogP contribution in [0.3, 0.4) is 0 Å². The molecule has 37 heavy (non-hydrogen) atoms. The van der Waals surface area contributed by atoms with Gasteiger partial charge in [-0.2, -0.15) is 18.0 Å². The molecule has 0 saturated heterocycles. The number of halogens is 5. The average molecular weight is 541 g/mol. The van der Waals surface area contributed by atoms with Crippen molar-refractivity contribution in [3.05, 3.63) is 58.9 Å². The van der Waals surface area contributed by atoms with E-state index in [-0.39, 0.29) is 17.1 Å². The number of hydrogen-bond donors (Lipinski definition) is 1. The van der Waals surface area contributed by atoms with Crippen LogP contribution in [0.5, 0.6) is 0 Å². The van der Waals surface area contributed by atoms with Gasteiger partial charge in [0.15, 0.2) is 0 Å². The maximum absolute atomic E-state index is 14.1. The topological polar surface area (TPSA) is 93.0 Å². The molecular formula is C24H25ClF4N6O2. The van der Waals surface area contributed by atoms with Gasteiger partial charge in [0.05, 0.1) is 16.1 Å². The normalized spacial score (nSPS) is 12.5. The third kappa shape index (κ3) is 7.03. The lowest BCUT2D eigenvalue weighted by Crippen LogP contribution is -2.49. The summed E-state index contributed by atoms with van der Waals surface area (Å²) in [5.74, 6) is -1.72. The first-order valence-electron chi connectivity index (χ1n) is 11.4. The summed E-state index contributed by atoms with van der Waals surface area (Å²) in [7, 11) is 0. The predicted molar refractivity (Wildman–Crippen MR) is 129 cm³/mol. The van der Waals surface area contributed by atoms with Crippen molar-refractivity contribution in [3.63, 3.8) is 0 Å². The van der Waals surface area contributed by atoms with E-state index in [0.717, 1.165) is 15.8 Å². The number of nitrogens with one attached hydrogen (secondary N) is 1. The lowest BCUT2D eigenvalue weighted by molar-refractivity contribution is -0.137. The number of hydrogen-bond acceptors (Lipinski definition) is 5. The summed E-state index contributed by atoms with van der Waals surface area (Å²) in [6, 6.07) is 7.45. The Hall–Kier alpha value is -3.54. The predicted octanol–water partition coefficient (Wildman–Crippen LogP) is 4.74. The Kier molecular flexibility index (Phi) is 8.85. The molecule has 0 saturated carbocycles. The second-order valence-corrected chi connectivity index (χ2v) is 9.11. The molecule has 3 rings (SSSR count). The first kappa shape index (κ1) is 28.0. The first-order chi connectivity index (χ1) is 17.4. The van der Waals surface area contributed by atoms with Crippen molar-refractivity contribution in [1.82, 2.24) is 25.5 Å². The number of carbonyl (C=O) groups is 2. The third-order valence-corrected chi connectivity index (χ3v) is 5.76. The number of anilines is 1. The zero-order valence-electron chi connectivity index (χ0n) is 20.3. The molecular weight excluding hydrogens is 516 g/mol. The zero-order valence-corrected chi connectivity index (χ0v) is 21.0. The Morgan fingerprint density at radius 2 is 1.84 bits per heavy atom. The quantitative estimate of drug-likeness (QED) is 0.396. The molecule has 2 amide bonds. The van der Waals surface area contributed by atoms with Gasteiger partial charge in [0.2, 0.25) is 11.7 Å². The van der Waals surface area contributed by atoms with Crippen molar-refractivity contribution in [2.24, 2.45) is 5.92 Å². The third-order valence-electron chi connectivity index (χ3n) is 5.43. The largest absolute Gasteiger partial charge is 0.417 e. The molecule has 1 atom stereocenters. The van der Waals surface area contributed by atoms with Crippen molar-refractivity contribution in [2.75, 3.05) is 11.4 Å². The molecule has 0 aliphatic rings. The maximum atomic E-state index is 14.1. The van der Waals surface area contributed by atoms with Crippen LogP contribution >= 0.6 is 11.6 Å². The van der Waals surface area contributed by atoms with E-state index < -0.39 is 47.0 Å². The molecule has 0 spiro atoms. The first-order valence-corrected chi connectivity index (χ1v) is 11.8. The number of benzene rings is 2. The van der Waals surface area contributed by atoms with Crippen LogP contribution in [-0.2, 0) is 22.3 Å². The number of nitrogens with zero attached hydrogens (tertiary/aromatic N) is 5. The summed E-state index contributed by atoms with van der Waals surface area (Å²) >= 11 is 5.74. The van der Waals surface area contributed by atoms with Gasteiger partial charge in [-0.1, -0.05) is 37.6 Å². The Morgan fingerprint density at radius 1 is 1.14 bits per heavy atom. The zero-order chi connectivity index (χ0) is 27.3. The van der Waals surface area contributed by atoms with Crippen LogP contribution < -0.4 is 10.2 Å². The Morgan fingerprint density at radius 3 is 2.49 bits per heavy atom. The van der Waals surface area contributed by atoms with Crippen LogP contribution in [0.15, 0.2) is 42.5 Å². The molecule has 0 aliphatic carbocycles. The van der Waals surface area contributed by atoms with E-state index in [9.17, 15) is 27.2 Å². The van der Waals surface area contributed by atoms with Gasteiger partial charge in [0.1, 0.15) is 18.4 Å². The fourth-order valence-corrected chi connectivity index (χ4v) is 3.70. The summed E-state index contributed by atoms with van der Waals surface area (Å²) in [6.07, 6.45) is -4.11. The van der Waals surface area contributed by atoms with Gasteiger partial charge in [-0.25, -0.2) is 4.39 Å². The molecule has 8 nitrogen and oxygen atoms in total. The van der Waals surface area contributed by atoms with E-state index in [4.69, 9.17) is 11.6 Å². The van der Waals surface area contributed by atoms with Crippen molar-refractivity contribution in [1.29, 1.82) is 0 Å². The van der Waals surface area contributed by atoms with Crippen LogP contribution in [0, 0.1) is 11.7 Å². The fraction of sp³-hybridized carbons (Fsp3) is 0.375. The molecule has 198 valence electrons. The molecule has 0 bridgehead atoms. The number of tetrazole rings is 1. The van der Waals surface area contributed by atoms with E-state index in [1.807, 2.05) is 13.8 Å². The summed E-state index contributed by atoms with van der Waals surface area (Å²) in [6.45, 7) is 5.09. The van der Waals surface area contributed by atoms with Gasteiger partial charge in [-0.3, -0.25) is 14.5 Å². The van der Waals surface area contributed by atoms with Crippen LogP contribution in [0.1, 0.15) is 32.8 Å². The van der Waals surface area contributed by atoms with E-state index in [0.29, 0.717) is 24.9 Å². The lowest BCUT2D eigenvalue weighted by atomic mass is 10.1. The average Bonchev–Trinajstić information content (AvgIpc) is 3.27. The molecule has 1 unspecified atom stereocenters. The van der Waals surface area contributed by atoms with Gasteiger partial charge in [0, 0.05) is 12.2 Å². The highest BCUT2D eigenvalue weighted by molar-refractivity contribution is 6.31. The number of aromatic nitrogens is 4. The van der Waals surface area contributed by atoms with Gasteiger partial charge < -0.3 is 5.32 Å². The number of alkyl halides is 3.